The summed E-state index contributed by atoms with van der Waals surface area (Å²) >= 11 is 12.0. The van der Waals surface area contributed by atoms with Crippen molar-refractivity contribution in [3.8, 4) is 0 Å². The van der Waals surface area contributed by atoms with Gasteiger partial charge in [-0.15, -0.1) is 0 Å². The van der Waals surface area contributed by atoms with Gasteiger partial charge in [0.05, 0.1) is 6.54 Å². The van der Waals surface area contributed by atoms with Gasteiger partial charge in [0.25, 0.3) is 0 Å². The van der Waals surface area contributed by atoms with E-state index in [2.05, 4.69) is 18.7 Å². The Bertz CT molecular complexity index is 557. The van der Waals surface area contributed by atoms with Crippen LogP contribution in [0.2, 0.25) is 10.0 Å². The van der Waals surface area contributed by atoms with E-state index in [0.717, 1.165) is 25.1 Å². The molecule has 23 heavy (non-hydrogen) atoms. The summed E-state index contributed by atoms with van der Waals surface area (Å²) in [6, 6.07) is 5.55. The third kappa shape index (κ3) is 5.08. The van der Waals surface area contributed by atoms with E-state index < -0.39 is 0 Å². The number of carbonyl (C=O) groups is 1. The van der Waals surface area contributed by atoms with Crippen LogP contribution in [0.1, 0.15) is 25.8 Å². The van der Waals surface area contributed by atoms with Crippen LogP contribution in [-0.4, -0.2) is 48.4 Å². The van der Waals surface area contributed by atoms with Crippen molar-refractivity contribution in [1.82, 2.24) is 9.80 Å². The van der Waals surface area contributed by atoms with Crippen LogP contribution in [0.15, 0.2) is 18.2 Å². The second-order valence-corrected chi connectivity index (χ2v) is 7.99. The van der Waals surface area contributed by atoms with Crippen molar-refractivity contribution in [3.63, 3.8) is 0 Å². The maximum absolute atomic E-state index is 12.5. The van der Waals surface area contributed by atoms with Crippen molar-refractivity contribution in [2.24, 2.45) is 11.1 Å². The average Bonchev–Trinajstić information content (AvgIpc) is 2.41. The van der Waals surface area contributed by atoms with Crippen molar-refractivity contribution in [3.05, 3.63) is 33.8 Å². The molecule has 1 aromatic rings. The van der Waals surface area contributed by atoms with Gasteiger partial charge in [-0.3, -0.25) is 9.69 Å². The highest BCUT2D eigenvalue weighted by Crippen LogP contribution is 2.27. The van der Waals surface area contributed by atoms with E-state index in [-0.39, 0.29) is 17.4 Å². The monoisotopic (exact) mass is 357 g/mol. The summed E-state index contributed by atoms with van der Waals surface area (Å²) in [5.41, 5.74) is 7.12. The van der Waals surface area contributed by atoms with Crippen molar-refractivity contribution >= 4 is 29.1 Å². The highest BCUT2D eigenvalue weighted by Gasteiger charge is 2.34. The number of amides is 1. The first kappa shape index (κ1) is 18.5. The molecule has 0 saturated carbocycles. The van der Waals surface area contributed by atoms with E-state index in [0.29, 0.717) is 23.1 Å². The van der Waals surface area contributed by atoms with Crippen LogP contribution in [0.25, 0.3) is 0 Å². The maximum Gasteiger partial charge on any atom is 0.236 e. The molecule has 128 valence electrons. The Balaban J connectivity index is 1.92. The third-order valence-electron chi connectivity index (χ3n) is 4.52. The minimum absolute atomic E-state index is 0.0393. The first-order valence-corrected chi connectivity index (χ1v) is 8.60. The zero-order valence-electron chi connectivity index (χ0n) is 14.0. The lowest BCUT2D eigenvalue weighted by Crippen LogP contribution is -2.54. The summed E-state index contributed by atoms with van der Waals surface area (Å²) in [7, 11) is 1.80. The quantitative estimate of drug-likeness (QED) is 0.900. The molecule has 1 unspecified atom stereocenters. The average molecular weight is 358 g/mol. The van der Waals surface area contributed by atoms with E-state index >= 15 is 0 Å². The van der Waals surface area contributed by atoms with Gasteiger partial charge in [0.15, 0.2) is 0 Å². The molecular formula is C17H25Cl2N3O. The molecule has 0 aliphatic carbocycles. The van der Waals surface area contributed by atoms with E-state index in [4.69, 9.17) is 28.9 Å². The molecule has 0 aromatic heterocycles. The fourth-order valence-electron chi connectivity index (χ4n) is 3.00. The predicted molar refractivity (Wildman–Crippen MR) is 95.7 cm³/mol. The zero-order chi connectivity index (χ0) is 17.2. The molecule has 1 atom stereocenters. The lowest BCUT2D eigenvalue weighted by Gasteiger charge is -2.42. The summed E-state index contributed by atoms with van der Waals surface area (Å²) in [4.78, 5) is 16.4. The number of hydrogen-bond acceptors (Lipinski definition) is 3. The van der Waals surface area contributed by atoms with Crippen molar-refractivity contribution < 1.29 is 4.79 Å². The molecule has 2 rings (SSSR count). The minimum atomic E-state index is 0.0393. The molecular weight excluding hydrogens is 333 g/mol. The zero-order valence-corrected chi connectivity index (χ0v) is 15.5. The summed E-state index contributed by atoms with van der Waals surface area (Å²) in [5, 5.41) is 1.17. The molecule has 1 fully saturated rings. The van der Waals surface area contributed by atoms with Crippen LogP contribution in [0.4, 0.5) is 0 Å². The van der Waals surface area contributed by atoms with Gasteiger partial charge < -0.3 is 10.6 Å². The molecule has 0 radical (unpaired) electrons. The second-order valence-electron chi connectivity index (χ2n) is 7.12. The number of hydrogen-bond donors (Lipinski definition) is 1. The fourth-order valence-corrected chi connectivity index (χ4v) is 3.57. The van der Waals surface area contributed by atoms with Gasteiger partial charge in [-0.05, 0) is 35.6 Å². The van der Waals surface area contributed by atoms with E-state index in [1.807, 2.05) is 12.1 Å². The number of likely N-dealkylation sites (tertiary alicyclic amines) is 1. The summed E-state index contributed by atoms with van der Waals surface area (Å²) < 4.78 is 0. The molecule has 0 spiro atoms. The topological polar surface area (TPSA) is 49.6 Å². The molecule has 6 heteroatoms. The van der Waals surface area contributed by atoms with Crippen LogP contribution in [-0.2, 0) is 11.3 Å². The number of nitrogens with two attached hydrogens (primary N) is 1. The van der Waals surface area contributed by atoms with Crippen LogP contribution >= 0.6 is 23.2 Å². The molecule has 0 bridgehead atoms. The van der Waals surface area contributed by atoms with E-state index in [1.54, 1.807) is 18.0 Å². The smallest absolute Gasteiger partial charge is 0.236 e. The highest BCUT2D eigenvalue weighted by atomic mass is 35.5. The van der Waals surface area contributed by atoms with Crippen LogP contribution in [0.5, 0.6) is 0 Å². The van der Waals surface area contributed by atoms with Crippen molar-refractivity contribution in [1.29, 1.82) is 0 Å². The van der Waals surface area contributed by atoms with Gasteiger partial charge in [-0.25, -0.2) is 0 Å². The molecule has 1 saturated heterocycles. The first-order chi connectivity index (χ1) is 10.7. The first-order valence-electron chi connectivity index (χ1n) is 7.84. The number of nitrogens with zero attached hydrogens (tertiary/aromatic N) is 2. The summed E-state index contributed by atoms with van der Waals surface area (Å²) in [6.07, 6.45) is 0.924. The Labute approximate surface area is 148 Å². The second kappa shape index (κ2) is 7.39. The number of carbonyl (C=O) groups excluding carboxylic acids is 1. The number of benzene rings is 1. The van der Waals surface area contributed by atoms with Crippen LogP contribution in [0.3, 0.4) is 0 Å². The molecule has 2 N–H and O–H groups in total. The number of piperidine rings is 1. The Morgan fingerprint density at radius 1 is 1.35 bits per heavy atom. The largest absolute Gasteiger partial charge is 0.340 e. The van der Waals surface area contributed by atoms with Crippen molar-refractivity contribution in [2.45, 2.75) is 32.9 Å². The normalized spacial score (nSPS) is 21.2. The SMILES string of the molecule is CN(Cc1cc(Cl)cc(Cl)c1)C(=O)CN1CCC(N)C(C)(C)C1. The number of halogens is 2. The Hall–Kier alpha value is -0.810. The number of rotatable bonds is 4. The minimum Gasteiger partial charge on any atom is -0.340 e. The lowest BCUT2D eigenvalue weighted by molar-refractivity contribution is -0.132. The Morgan fingerprint density at radius 3 is 2.52 bits per heavy atom. The van der Waals surface area contributed by atoms with Gasteiger partial charge in [-0.2, -0.15) is 0 Å². The van der Waals surface area contributed by atoms with Gasteiger partial charge >= 0.3 is 0 Å². The van der Waals surface area contributed by atoms with Gasteiger partial charge in [0.2, 0.25) is 5.91 Å². The Morgan fingerprint density at radius 2 is 1.96 bits per heavy atom. The fraction of sp³-hybridized carbons (Fsp3) is 0.588. The van der Waals surface area contributed by atoms with Crippen LogP contribution < -0.4 is 5.73 Å². The molecule has 1 heterocycles. The molecule has 1 aliphatic rings. The third-order valence-corrected chi connectivity index (χ3v) is 4.95. The molecule has 4 nitrogen and oxygen atoms in total. The lowest BCUT2D eigenvalue weighted by atomic mass is 9.80. The van der Waals surface area contributed by atoms with Crippen molar-refractivity contribution in [2.75, 3.05) is 26.7 Å². The Kier molecular flexibility index (Phi) is 5.95. The van der Waals surface area contributed by atoms with Gasteiger partial charge in [-0.1, -0.05) is 37.0 Å². The molecule has 1 aliphatic heterocycles. The van der Waals surface area contributed by atoms with Gasteiger partial charge in [0.1, 0.15) is 0 Å². The van der Waals surface area contributed by atoms with Crippen LogP contribution in [0, 0.1) is 5.41 Å². The van der Waals surface area contributed by atoms with E-state index in [1.165, 1.54) is 0 Å². The summed E-state index contributed by atoms with van der Waals surface area (Å²) in [6.45, 7) is 6.94. The standard InChI is InChI=1S/C17H25Cl2N3O/c1-17(2)11-22(5-4-15(17)20)10-16(23)21(3)9-12-6-13(18)8-14(19)7-12/h6-8,15H,4-5,9-11,20H2,1-3H3. The molecule has 1 aromatic carbocycles. The maximum atomic E-state index is 12.5. The van der Waals surface area contributed by atoms with Gasteiger partial charge in [0, 0.05) is 42.8 Å². The number of likely N-dealkylation sites (N-methyl/N-ethyl adjacent to an activating group) is 1. The predicted octanol–water partition coefficient (Wildman–Crippen LogP) is 3.01. The summed E-state index contributed by atoms with van der Waals surface area (Å²) in [5.74, 6) is 0.0902. The highest BCUT2D eigenvalue weighted by molar-refractivity contribution is 6.34. The van der Waals surface area contributed by atoms with E-state index in [9.17, 15) is 4.79 Å². The molecule has 1 amide bonds.